The van der Waals surface area contributed by atoms with Gasteiger partial charge in [-0.15, -0.1) is 53.6 Å². The van der Waals surface area contributed by atoms with Gasteiger partial charge in [0.1, 0.15) is 5.58 Å². The number of nitrogens with zero attached hydrogens (tertiary/aromatic N) is 2. The van der Waals surface area contributed by atoms with Gasteiger partial charge in [0, 0.05) is 37.9 Å². The molecule has 0 unspecified atom stereocenters. The molecule has 0 N–H and O–H groups in total. The van der Waals surface area contributed by atoms with Gasteiger partial charge in [0.15, 0.2) is 0 Å². The minimum absolute atomic E-state index is 0. The number of aryl methyl sites for hydroxylation is 1. The van der Waals surface area contributed by atoms with Crippen LogP contribution in [0.25, 0.3) is 44.5 Å². The molecule has 3 aromatic heterocycles. The van der Waals surface area contributed by atoms with E-state index in [1.807, 2.05) is 42.6 Å². The summed E-state index contributed by atoms with van der Waals surface area (Å²) in [5, 5.41) is 2.27. The van der Waals surface area contributed by atoms with Crippen molar-refractivity contribution in [2.45, 2.75) is 46.5 Å². The second kappa shape index (κ2) is 12.5. The quantitative estimate of drug-likeness (QED) is 0.173. The van der Waals surface area contributed by atoms with Gasteiger partial charge in [-0.25, -0.2) is 0 Å². The first-order valence-corrected chi connectivity index (χ1v) is 13.1. The van der Waals surface area contributed by atoms with E-state index in [4.69, 9.17) is 4.42 Å². The molecule has 0 bridgehead atoms. The molecule has 0 atom stereocenters. The zero-order chi connectivity index (χ0) is 26.6. The zero-order valence-electron chi connectivity index (χ0n) is 23.0. The standard InChI is InChI=1S/C23H22NO.C12H10N.Ir/c1-14(2)16-8-9-18-19-6-5-7-20(23(19)25-22(18)13-16)21-12-17(15(3)4)10-11-24-21;1-10-5-4-6-11(9-10)12-7-2-3-8-13-12;/h5-6,8-15H,1-4H3;2-5,7-9H,1H3;/q2*-1;. The fraction of sp³-hybridized carbons (Fsp3) is 0.200. The van der Waals surface area contributed by atoms with Crippen molar-refractivity contribution in [1.82, 2.24) is 9.97 Å². The summed E-state index contributed by atoms with van der Waals surface area (Å²) in [4.78, 5) is 8.83. The third-order valence-electron chi connectivity index (χ3n) is 6.73. The van der Waals surface area contributed by atoms with Gasteiger partial charge in [-0.1, -0.05) is 81.5 Å². The Kier molecular flexibility index (Phi) is 9.12. The molecule has 39 heavy (non-hydrogen) atoms. The van der Waals surface area contributed by atoms with Crippen LogP contribution in [0.3, 0.4) is 0 Å². The minimum Gasteiger partial charge on any atom is -0.501 e. The molecule has 6 rings (SSSR count). The Balaban J connectivity index is 0.000000213. The number of aromatic nitrogens is 2. The van der Waals surface area contributed by atoms with Gasteiger partial charge in [-0.2, -0.15) is 0 Å². The van der Waals surface area contributed by atoms with Crippen molar-refractivity contribution >= 4 is 21.9 Å². The van der Waals surface area contributed by atoms with Crippen molar-refractivity contribution in [3.8, 4) is 22.5 Å². The normalized spacial score (nSPS) is 10.9. The van der Waals surface area contributed by atoms with E-state index in [9.17, 15) is 0 Å². The van der Waals surface area contributed by atoms with Crippen LogP contribution < -0.4 is 0 Å². The predicted octanol–water partition coefficient (Wildman–Crippen LogP) is 9.55. The Labute approximate surface area is 244 Å². The van der Waals surface area contributed by atoms with Crippen LogP contribution in [-0.4, -0.2) is 9.97 Å². The van der Waals surface area contributed by atoms with Gasteiger partial charge in [0.25, 0.3) is 0 Å². The summed E-state index contributed by atoms with van der Waals surface area (Å²) in [6.07, 6.45) is 3.67. The van der Waals surface area contributed by atoms with E-state index >= 15 is 0 Å². The minimum atomic E-state index is 0. The van der Waals surface area contributed by atoms with Crippen LogP contribution in [0.2, 0.25) is 0 Å². The Morgan fingerprint density at radius 3 is 2.15 bits per heavy atom. The monoisotopic (exact) mass is 689 g/mol. The van der Waals surface area contributed by atoms with E-state index in [-0.39, 0.29) is 20.1 Å². The van der Waals surface area contributed by atoms with Crippen LogP contribution in [0, 0.1) is 19.1 Å². The van der Waals surface area contributed by atoms with E-state index in [1.165, 1.54) is 16.7 Å². The number of benzene rings is 3. The largest absolute Gasteiger partial charge is 0.501 e. The number of rotatable bonds is 4. The number of pyridine rings is 2. The third kappa shape index (κ3) is 6.36. The number of hydrogen-bond acceptors (Lipinski definition) is 3. The van der Waals surface area contributed by atoms with Gasteiger partial charge in [-0.05, 0) is 47.0 Å². The SMILES string of the molecule is CC(C)c1ccnc(-c2[c-]ccc3c2oc2cc(C(C)C)ccc23)c1.Cc1cc[c-]c(-c2ccccn2)c1.[Ir]. The van der Waals surface area contributed by atoms with Gasteiger partial charge in [-0.3, -0.25) is 0 Å². The summed E-state index contributed by atoms with van der Waals surface area (Å²) in [6.45, 7) is 10.9. The molecule has 3 aromatic carbocycles. The topological polar surface area (TPSA) is 38.9 Å². The molecule has 3 nitrogen and oxygen atoms in total. The molecule has 3 heterocycles. The first kappa shape index (κ1) is 28.4. The molecule has 6 aromatic rings. The summed E-state index contributed by atoms with van der Waals surface area (Å²) in [7, 11) is 0. The van der Waals surface area contributed by atoms with Crippen LogP contribution in [0.5, 0.6) is 0 Å². The van der Waals surface area contributed by atoms with Gasteiger partial charge >= 0.3 is 0 Å². The van der Waals surface area contributed by atoms with Crippen molar-refractivity contribution in [3.63, 3.8) is 0 Å². The molecule has 0 aliphatic heterocycles. The van der Waals surface area contributed by atoms with Crippen molar-refractivity contribution in [1.29, 1.82) is 0 Å². The molecule has 0 fully saturated rings. The number of hydrogen-bond donors (Lipinski definition) is 0. The summed E-state index contributed by atoms with van der Waals surface area (Å²) in [6, 6.07) is 33.2. The molecule has 0 spiro atoms. The summed E-state index contributed by atoms with van der Waals surface area (Å²) >= 11 is 0. The van der Waals surface area contributed by atoms with Crippen LogP contribution in [0.1, 0.15) is 56.2 Å². The Hall–Kier alpha value is -3.59. The molecule has 0 saturated heterocycles. The van der Waals surface area contributed by atoms with Crippen LogP contribution in [-0.2, 0) is 20.1 Å². The van der Waals surface area contributed by atoms with Crippen LogP contribution >= 0.6 is 0 Å². The van der Waals surface area contributed by atoms with E-state index in [0.29, 0.717) is 11.8 Å². The molecule has 199 valence electrons. The molecular weight excluding hydrogens is 657 g/mol. The van der Waals surface area contributed by atoms with Crippen molar-refractivity contribution in [2.24, 2.45) is 0 Å². The average Bonchev–Trinajstić information content (AvgIpc) is 3.32. The Morgan fingerprint density at radius 1 is 0.692 bits per heavy atom. The van der Waals surface area contributed by atoms with Crippen LogP contribution in [0.15, 0.2) is 95.7 Å². The Bertz CT molecular complexity index is 1690. The summed E-state index contributed by atoms with van der Waals surface area (Å²) in [5.41, 5.74) is 9.48. The fourth-order valence-electron chi connectivity index (χ4n) is 4.50. The van der Waals surface area contributed by atoms with Crippen molar-refractivity contribution in [3.05, 3.63) is 120 Å². The smallest absolute Gasteiger partial charge is 0.121 e. The average molecular weight is 689 g/mol. The van der Waals surface area contributed by atoms with E-state index in [2.05, 4.69) is 99.2 Å². The maximum absolute atomic E-state index is 6.26. The van der Waals surface area contributed by atoms with E-state index in [1.54, 1.807) is 6.20 Å². The predicted molar refractivity (Wildman–Crippen MR) is 157 cm³/mol. The van der Waals surface area contributed by atoms with Crippen molar-refractivity contribution in [2.75, 3.05) is 0 Å². The van der Waals surface area contributed by atoms with Gasteiger partial charge in [0.2, 0.25) is 0 Å². The maximum atomic E-state index is 6.26. The van der Waals surface area contributed by atoms with E-state index < -0.39 is 0 Å². The first-order chi connectivity index (χ1) is 18.4. The molecule has 0 aliphatic rings. The van der Waals surface area contributed by atoms with Gasteiger partial charge in [0.05, 0.1) is 5.58 Å². The molecule has 1 radical (unpaired) electrons. The van der Waals surface area contributed by atoms with E-state index in [0.717, 1.165) is 44.5 Å². The molecular formula is C35H32IrN2O-2. The summed E-state index contributed by atoms with van der Waals surface area (Å²) in [5.74, 6) is 0.943. The van der Waals surface area contributed by atoms with Crippen LogP contribution in [0.4, 0.5) is 0 Å². The maximum Gasteiger partial charge on any atom is 0.121 e. The molecule has 0 amide bonds. The Morgan fingerprint density at radius 2 is 1.44 bits per heavy atom. The second-order valence-electron chi connectivity index (χ2n) is 10.2. The summed E-state index contributed by atoms with van der Waals surface area (Å²) < 4.78 is 6.26. The first-order valence-electron chi connectivity index (χ1n) is 13.1. The molecule has 0 saturated carbocycles. The number of furan rings is 1. The molecule has 0 aliphatic carbocycles. The van der Waals surface area contributed by atoms with Gasteiger partial charge < -0.3 is 14.4 Å². The van der Waals surface area contributed by atoms with Crippen molar-refractivity contribution < 1.29 is 24.5 Å². The number of fused-ring (bicyclic) bond motifs is 3. The second-order valence-corrected chi connectivity index (χ2v) is 10.2. The molecule has 4 heteroatoms. The fourth-order valence-corrected chi connectivity index (χ4v) is 4.50. The zero-order valence-corrected chi connectivity index (χ0v) is 25.3. The third-order valence-corrected chi connectivity index (χ3v) is 6.73.